The van der Waals surface area contributed by atoms with Crippen molar-refractivity contribution in [2.24, 2.45) is 0 Å². The maximum atomic E-state index is 13.9. The maximum absolute atomic E-state index is 13.9. The number of alkyl halides is 4. The van der Waals surface area contributed by atoms with Gasteiger partial charge in [-0.1, -0.05) is 12.1 Å². The van der Waals surface area contributed by atoms with Crippen LogP contribution in [0.4, 0.5) is 29.1 Å². The molecule has 1 aliphatic rings. The van der Waals surface area contributed by atoms with Crippen molar-refractivity contribution in [3.8, 4) is 6.07 Å². The SMILES string of the molecule is Cc1cc([C@@H](C)Nc2ccccc2C(=O)O)c2nc(N3CC(F)(F)C(F)(F)C3)c(C#N)c(=O)n2c1. The summed E-state index contributed by atoms with van der Waals surface area (Å²) in [6.07, 6.45) is 1.39. The van der Waals surface area contributed by atoms with Crippen molar-refractivity contribution in [1.82, 2.24) is 9.38 Å². The number of nitriles is 1. The number of aromatic carboxylic acids is 1. The lowest BCUT2D eigenvalue weighted by atomic mass is 10.1. The Balaban J connectivity index is 1.88. The zero-order chi connectivity index (χ0) is 25.7. The number of halogens is 4. The lowest BCUT2D eigenvalue weighted by Crippen LogP contribution is -2.38. The zero-order valence-electron chi connectivity index (χ0n) is 18.5. The van der Waals surface area contributed by atoms with Crippen LogP contribution in [0.5, 0.6) is 0 Å². The predicted octanol–water partition coefficient (Wildman–Crippen LogP) is 3.84. The summed E-state index contributed by atoms with van der Waals surface area (Å²) >= 11 is 0. The van der Waals surface area contributed by atoms with Gasteiger partial charge in [-0.25, -0.2) is 9.78 Å². The predicted molar refractivity (Wildman–Crippen MR) is 118 cm³/mol. The first-order chi connectivity index (χ1) is 16.4. The van der Waals surface area contributed by atoms with Gasteiger partial charge >= 0.3 is 17.8 Å². The Hall–Kier alpha value is -4.14. The lowest BCUT2D eigenvalue weighted by Gasteiger charge is -2.22. The summed E-state index contributed by atoms with van der Waals surface area (Å²) < 4.78 is 56.5. The fourth-order valence-electron chi connectivity index (χ4n) is 4.06. The number of carboxylic acids is 1. The van der Waals surface area contributed by atoms with Crippen LogP contribution >= 0.6 is 0 Å². The Morgan fingerprint density at radius 3 is 2.46 bits per heavy atom. The van der Waals surface area contributed by atoms with Crippen LogP contribution in [0.3, 0.4) is 0 Å². The van der Waals surface area contributed by atoms with Gasteiger partial charge in [0.1, 0.15) is 11.7 Å². The molecule has 182 valence electrons. The number of nitrogens with zero attached hydrogens (tertiary/aromatic N) is 4. The van der Waals surface area contributed by atoms with Crippen molar-refractivity contribution < 1.29 is 27.5 Å². The van der Waals surface area contributed by atoms with Gasteiger partial charge in [-0.2, -0.15) is 22.8 Å². The minimum atomic E-state index is -4.36. The molecular weight excluding hydrogens is 470 g/mol. The van der Waals surface area contributed by atoms with Crippen LogP contribution in [0.25, 0.3) is 5.65 Å². The van der Waals surface area contributed by atoms with E-state index >= 15 is 0 Å². The van der Waals surface area contributed by atoms with Crippen molar-refractivity contribution in [2.45, 2.75) is 31.7 Å². The highest BCUT2D eigenvalue weighted by Crippen LogP contribution is 2.42. The van der Waals surface area contributed by atoms with Gasteiger partial charge in [0.25, 0.3) is 5.56 Å². The van der Waals surface area contributed by atoms with E-state index in [1.165, 1.54) is 12.3 Å². The molecular formula is C23H19F4N5O3. The number of rotatable bonds is 5. The average molecular weight is 489 g/mol. The van der Waals surface area contributed by atoms with E-state index in [9.17, 15) is 37.5 Å². The quantitative estimate of drug-likeness (QED) is 0.524. The number of aryl methyl sites for hydroxylation is 1. The number of carboxylic acid groups (broad SMARTS) is 1. The molecule has 0 aliphatic carbocycles. The molecule has 1 aliphatic heterocycles. The summed E-state index contributed by atoms with van der Waals surface area (Å²) in [4.78, 5) is 29.4. The number of anilines is 2. The first-order valence-corrected chi connectivity index (χ1v) is 10.4. The van der Waals surface area contributed by atoms with E-state index in [4.69, 9.17) is 0 Å². The van der Waals surface area contributed by atoms with Crippen LogP contribution in [-0.2, 0) is 0 Å². The third-order valence-corrected chi connectivity index (χ3v) is 5.79. The van der Waals surface area contributed by atoms with E-state index in [0.29, 0.717) is 16.0 Å². The molecule has 1 atom stereocenters. The normalized spacial score (nSPS) is 17.2. The van der Waals surface area contributed by atoms with Gasteiger partial charge in [0.2, 0.25) is 0 Å². The second-order valence-electron chi connectivity index (χ2n) is 8.38. The van der Waals surface area contributed by atoms with E-state index in [-0.39, 0.29) is 16.9 Å². The summed E-state index contributed by atoms with van der Waals surface area (Å²) in [7, 11) is 0. The number of nitrogens with one attached hydrogen (secondary N) is 1. The highest BCUT2D eigenvalue weighted by Gasteiger charge is 2.63. The highest BCUT2D eigenvalue weighted by atomic mass is 19.3. The molecule has 35 heavy (non-hydrogen) atoms. The molecule has 3 heterocycles. The Labute approximate surface area is 196 Å². The molecule has 1 saturated heterocycles. The van der Waals surface area contributed by atoms with Gasteiger partial charge in [-0.3, -0.25) is 9.20 Å². The largest absolute Gasteiger partial charge is 0.478 e. The number of para-hydroxylation sites is 1. The summed E-state index contributed by atoms with van der Waals surface area (Å²) in [5.41, 5.74) is -0.338. The van der Waals surface area contributed by atoms with E-state index in [0.717, 1.165) is 4.40 Å². The number of fused-ring (bicyclic) bond motifs is 1. The third kappa shape index (κ3) is 4.03. The number of aromatic nitrogens is 2. The topological polar surface area (TPSA) is 111 Å². The van der Waals surface area contributed by atoms with E-state index < -0.39 is 53.9 Å². The molecule has 3 aromatic rings. The van der Waals surface area contributed by atoms with Crippen LogP contribution in [0.1, 0.15) is 40.0 Å². The molecule has 0 saturated carbocycles. The molecule has 8 nitrogen and oxygen atoms in total. The summed E-state index contributed by atoms with van der Waals surface area (Å²) in [6, 6.07) is 8.73. The monoisotopic (exact) mass is 489 g/mol. The molecule has 0 bridgehead atoms. The van der Waals surface area contributed by atoms with Crippen LogP contribution < -0.4 is 15.8 Å². The fraction of sp³-hybridized carbons (Fsp3) is 0.304. The van der Waals surface area contributed by atoms with Gasteiger partial charge in [0, 0.05) is 17.4 Å². The van der Waals surface area contributed by atoms with Gasteiger partial charge in [-0.15, -0.1) is 0 Å². The van der Waals surface area contributed by atoms with Crippen LogP contribution in [0.2, 0.25) is 0 Å². The Morgan fingerprint density at radius 1 is 1.23 bits per heavy atom. The molecule has 0 radical (unpaired) electrons. The van der Waals surface area contributed by atoms with Crippen LogP contribution in [0.15, 0.2) is 41.3 Å². The number of carbonyl (C=O) groups is 1. The molecule has 2 N–H and O–H groups in total. The second kappa shape index (κ2) is 8.26. The molecule has 2 aromatic heterocycles. The minimum absolute atomic E-state index is 0.00424. The van der Waals surface area contributed by atoms with Crippen molar-refractivity contribution >= 4 is 23.1 Å². The molecule has 0 amide bonds. The van der Waals surface area contributed by atoms with Crippen molar-refractivity contribution in [2.75, 3.05) is 23.3 Å². The first-order valence-electron chi connectivity index (χ1n) is 10.4. The average Bonchev–Trinajstić information content (AvgIpc) is 3.00. The summed E-state index contributed by atoms with van der Waals surface area (Å²) in [5.74, 6) is -10.5. The summed E-state index contributed by atoms with van der Waals surface area (Å²) in [6.45, 7) is 0.529. The number of hydrogen-bond donors (Lipinski definition) is 2. The van der Waals surface area contributed by atoms with Crippen molar-refractivity contribution in [3.05, 3.63) is 69.1 Å². The highest BCUT2D eigenvalue weighted by molar-refractivity contribution is 5.94. The van der Waals surface area contributed by atoms with Gasteiger partial charge in [0.05, 0.1) is 24.7 Å². The molecule has 0 spiro atoms. The number of pyridine rings is 1. The smallest absolute Gasteiger partial charge is 0.337 e. The Bertz CT molecular complexity index is 1430. The molecule has 12 heteroatoms. The molecule has 1 aromatic carbocycles. The number of hydrogen-bond acceptors (Lipinski definition) is 6. The molecule has 1 fully saturated rings. The standard InChI is InChI=1S/C23H19F4N5O3/c1-12-7-15(13(2)29-17-6-4-3-5-14(17)21(34)35)19-30-18(16(8-28)20(33)32(19)9-12)31-10-22(24,25)23(26,27)11-31/h3-7,9,13,29H,10-11H2,1-2H3,(H,34,35)/t13-/m1/s1. The van der Waals surface area contributed by atoms with Gasteiger partial charge in [-0.05, 0) is 37.6 Å². The molecule has 0 unspecified atom stereocenters. The third-order valence-electron chi connectivity index (χ3n) is 5.79. The zero-order valence-corrected chi connectivity index (χ0v) is 18.5. The first kappa shape index (κ1) is 24.0. The van der Waals surface area contributed by atoms with Gasteiger partial charge in [0.15, 0.2) is 11.4 Å². The Kier molecular flexibility index (Phi) is 5.67. The number of benzene rings is 1. The fourth-order valence-corrected chi connectivity index (χ4v) is 4.06. The Morgan fingerprint density at radius 2 is 1.86 bits per heavy atom. The van der Waals surface area contributed by atoms with Crippen molar-refractivity contribution in [3.63, 3.8) is 0 Å². The van der Waals surface area contributed by atoms with Crippen LogP contribution in [0, 0.1) is 18.3 Å². The van der Waals surface area contributed by atoms with E-state index in [1.54, 1.807) is 44.2 Å². The van der Waals surface area contributed by atoms with Crippen molar-refractivity contribution in [1.29, 1.82) is 5.26 Å². The second-order valence-corrected chi connectivity index (χ2v) is 8.38. The van der Waals surface area contributed by atoms with E-state index in [1.807, 2.05) is 0 Å². The maximum Gasteiger partial charge on any atom is 0.337 e. The molecule has 4 rings (SSSR count). The summed E-state index contributed by atoms with van der Waals surface area (Å²) in [5, 5.41) is 22.0. The van der Waals surface area contributed by atoms with E-state index in [2.05, 4.69) is 10.3 Å². The minimum Gasteiger partial charge on any atom is -0.478 e. The van der Waals surface area contributed by atoms with Gasteiger partial charge < -0.3 is 15.3 Å². The van der Waals surface area contributed by atoms with Crippen LogP contribution in [-0.4, -0.2) is 45.4 Å². The lowest BCUT2D eigenvalue weighted by molar-refractivity contribution is -0.172.